The Balaban J connectivity index is 1.41. The van der Waals surface area contributed by atoms with Crippen LogP contribution in [0.5, 0.6) is 11.5 Å². The van der Waals surface area contributed by atoms with Gasteiger partial charge < -0.3 is 14.5 Å². The van der Waals surface area contributed by atoms with Crippen molar-refractivity contribution in [2.24, 2.45) is 0 Å². The number of Topliss-reactive ketones (excluding diaryl/α,β-unsaturated/α-hetero) is 1. The van der Waals surface area contributed by atoms with Gasteiger partial charge in [0, 0.05) is 37.3 Å². The number of ketones is 1. The molecule has 1 fully saturated rings. The zero-order chi connectivity index (χ0) is 25.2. The number of carbonyl (C=O) groups is 2. The summed E-state index contributed by atoms with van der Waals surface area (Å²) >= 11 is 0. The first kappa shape index (κ1) is 24.3. The number of rotatable bonds is 5. The van der Waals surface area contributed by atoms with Crippen LogP contribution in [0.1, 0.15) is 33.2 Å². The molecule has 0 aliphatic carbocycles. The molecule has 1 amide bonds. The van der Waals surface area contributed by atoms with Crippen molar-refractivity contribution in [2.45, 2.75) is 13.1 Å². The fourth-order valence-electron chi connectivity index (χ4n) is 3.88. The molecule has 182 valence electrons. The van der Waals surface area contributed by atoms with Gasteiger partial charge >= 0.3 is 6.18 Å². The molecule has 1 aliphatic rings. The summed E-state index contributed by atoms with van der Waals surface area (Å²) in [5.41, 5.74) is 0.179. The van der Waals surface area contributed by atoms with E-state index in [4.69, 9.17) is 4.74 Å². The Morgan fingerprint density at radius 2 is 1.49 bits per heavy atom. The van der Waals surface area contributed by atoms with Crippen LogP contribution in [0.2, 0.25) is 0 Å². The Labute approximate surface area is 199 Å². The number of amides is 1. The molecule has 1 saturated heterocycles. The highest BCUT2D eigenvalue weighted by Crippen LogP contribution is 2.33. The maximum Gasteiger partial charge on any atom is 0.416 e. The van der Waals surface area contributed by atoms with Gasteiger partial charge in [-0.15, -0.1) is 0 Å². The lowest BCUT2D eigenvalue weighted by molar-refractivity contribution is -0.137. The number of nitrogens with zero attached hydrogens (tertiary/aromatic N) is 2. The van der Waals surface area contributed by atoms with Crippen LogP contribution < -0.4 is 9.64 Å². The summed E-state index contributed by atoms with van der Waals surface area (Å²) in [7, 11) is 0. The number of halogens is 4. The largest absolute Gasteiger partial charge is 0.457 e. The highest BCUT2D eigenvalue weighted by atomic mass is 19.4. The van der Waals surface area contributed by atoms with E-state index in [-0.39, 0.29) is 23.2 Å². The van der Waals surface area contributed by atoms with Crippen LogP contribution >= 0.6 is 0 Å². The van der Waals surface area contributed by atoms with E-state index in [1.165, 1.54) is 31.2 Å². The maximum absolute atomic E-state index is 14.5. The standard InChI is InChI=1S/C26H22F4N2O3/c1-17(33)18-8-9-24(23(27)15-18)31-10-12-32(13-11-31)25(34)19-4-2-6-21(14-19)35-22-7-3-5-20(16-22)26(28,29)30/h2-9,14-16H,10-13H2,1H3. The minimum absolute atomic E-state index is 0.0101. The Morgan fingerprint density at radius 1 is 0.829 bits per heavy atom. The number of carbonyl (C=O) groups excluding carboxylic acids is 2. The molecule has 0 atom stereocenters. The van der Waals surface area contributed by atoms with Crippen LogP contribution in [0, 0.1) is 5.82 Å². The second-order valence-corrected chi connectivity index (χ2v) is 8.16. The molecular weight excluding hydrogens is 464 g/mol. The summed E-state index contributed by atoms with van der Waals surface area (Å²) in [5, 5.41) is 0. The van der Waals surface area contributed by atoms with Gasteiger partial charge in [0.1, 0.15) is 17.3 Å². The molecule has 0 radical (unpaired) electrons. The van der Waals surface area contributed by atoms with Crippen molar-refractivity contribution < 1.29 is 31.9 Å². The lowest BCUT2D eigenvalue weighted by atomic mass is 10.1. The average molecular weight is 486 g/mol. The highest BCUT2D eigenvalue weighted by molar-refractivity contribution is 5.95. The van der Waals surface area contributed by atoms with E-state index >= 15 is 0 Å². The van der Waals surface area contributed by atoms with E-state index in [1.807, 2.05) is 4.90 Å². The quantitative estimate of drug-likeness (QED) is 0.338. The number of ether oxygens (including phenoxy) is 1. The second kappa shape index (κ2) is 9.77. The second-order valence-electron chi connectivity index (χ2n) is 8.16. The molecule has 3 aromatic carbocycles. The number of anilines is 1. The van der Waals surface area contributed by atoms with Crippen LogP contribution in [-0.2, 0) is 6.18 Å². The molecule has 9 heteroatoms. The Bertz CT molecular complexity index is 1250. The molecule has 0 spiro atoms. The van der Waals surface area contributed by atoms with Gasteiger partial charge in [0.05, 0.1) is 11.3 Å². The SMILES string of the molecule is CC(=O)c1ccc(N2CCN(C(=O)c3cccc(Oc4cccc(C(F)(F)F)c4)c3)CC2)c(F)c1. The van der Waals surface area contributed by atoms with E-state index in [0.29, 0.717) is 43.0 Å². The van der Waals surface area contributed by atoms with Crippen molar-refractivity contribution in [2.75, 3.05) is 31.1 Å². The van der Waals surface area contributed by atoms with E-state index in [1.54, 1.807) is 35.2 Å². The minimum Gasteiger partial charge on any atom is -0.457 e. The van der Waals surface area contributed by atoms with E-state index in [9.17, 15) is 27.2 Å². The zero-order valence-electron chi connectivity index (χ0n) is 18.8. The molecule has 5 nitrogen and oxygen atoms in total. The summed E-state index contributed by atoms with van der Waals surface area (Å²) in [6.45, 7) is 2.89. The summed E-state index contributed by atoms with van der Waals surface area (Å²) in [5.74, 6) is -0.717. The van der Waals surface area contributed by atoms with Gasteiger partial charge in [0.25, 0.3) is 5.91 Å². The molecule has 1 aliphatic heterocycles. The molecule has 0 N–H and O–H groups in total. The normalized spacial score (nSPS) is 14.1. The Morgan fingerprint density at radius 3 is 2.11 bits per heavy atom. The summed E-state index contributed by atoms with van der Waals surface area (Å²) in [6.07, 6.45) is -4.49. The first-order valence-electron chi connectivity index (χ1n) is 10.9. The first-order valence-corrected chi connectivity index (χ1v) is 10.9. The molecule has 1 heterocycles. The van der Waals surface area contributed by atoms with E-state index < -0.39 is 17.6 Å². The number of piperazine rings is 1. The molecule has 3 aromatic rings. The molecule has 0 aromatic heterocycles. The minimum atomic E-state index is -4.49. The van der Waals surface area contributed by atoms with Crippen molar-refractivity contribution in [3.05, 3.63) is 89.2 Å². The first-order chi connectivity index (χ1) is 16.6. The van der Waals surface area contributed by atoms with Crippen molar-refractivity contribution in [3.8, 4) is 11.5 Å². The van der Waals surface area contributed by atoms with Crippen LogP contribution in [0.3, 0.4) is 0 Å². The molecule has 4 rings (SSSR count). The zero-order valence-corrected chi connectivity index (χ0v) is 18.8. The van der Waals surface area contributed by atoms with Crippen LogP contribution in [0.4, 0.5) is 23.2 Å². The van der Waals surface area contributed by atoms with Gasteiger partial charge in [-0.3, -0.25) is 9.59 Å². The van der Waals surface area contributed by atoms with Gasteiger partial charge in [-0.1, -0.05) is 12.1 Å². The molecule has 0 bridgehead atoms. The van der Waals surface area contributed by atoms with Gasteiger partial charge in [-0.2, -0.15) is 13.2 Å². The van der Waals surface area contributed by atoms with Crippen LogP contribution in [0.15, 0.2) is 66.7 Å². The fraction of sp³-hybridized carbons (Fsp3) is 0.231. The number of hydrogen-bond donors (Lipinski definition) is 0. The summed E-state index contributed by atoms with van der Waals surface area (Å²) in [6, 6.07) is 15.1. The number of hydrogen-bond acceptors (Lipinski definition) is 4. The van der Waals surface area contributed by atoms with Crippen molar-refractivity contribution in [3.63, 3.8) is 0 Å². The van der Waals surface area contributed by atoms with Gasteiger partial charge in [0.15, 0.2) is 5.78 Å². The molecular formula is C26H22F4N2O3. The van der Waals surface area contributed by atoms with E-state index in [2.05, 4.69) is 0 Å². The van der Waals surface area contributed by atoms with Crippen LogP contribution in [0.25, 0.3) is 0 Å². The molecule has 0 saturated carbocycles. The van der Waals surface area contributed by atoms with E-state index in [0.717, 1.165) is 12.1 Å². The van der Waals surface area contributed by atoms with Gasteiger partial charge in [-0.05, 0) is 61.5 Å². The third-order valence-electron chi connectivity index (χ3n) is 5.74. The maximum atomic E-state index is 14.5. The predicted octanol–water partition coefficient (Wildman–Crippen LogP) is 5.80. The summed E-state index contributed by atoms with van der Waals surface area (Å²) in [4.78, 5) is 27.9. The topological polar surface area (TPSA) is 49.9 Å². The number of alkyl halides is 3. The van der Waals surface area contributed by atoms with Crippen molar-refractivity contribution in [1.29, 1.82) is 0 Å². The van der Waals surface area contributed by atoms with Crippen LogP contribution in [-0.4, -0.2) is 42.8 Å². The number of benzene rings is 3. The highest BCUT2D eigenvalue weighted by Gasteiger charge is 2.30. The Kier molecular flexibility index (Phi) is 6.77. The summed E-state index contributed by atoms with van der Waals surface area (Å²) < 4.78 is 58.9. The molecule has 35 heavy (non-hydrogen) atoms. The molecule has 0 unspecified atom stereocenters. The predicted molar refractivity (Wildman–Crippen MR) is 122 cm³/mol. The average Bonchev–Trinajstić information content (AvgIpc) is 2.83. The smallest absolute Gasteiger partial charge is 0.416 e. The van der Waals surface area contributed by atoms with Gasteiger partial charge in [-0.25, -0.2) is 4.39 Å². The monoisotopic (exact) mass is 486 g/mol. The van der Waals surface area contributed by atoms with Gasteiger partial charge in [0.2, 0.25) is 0 Å². The fourth-order valence-corrected chi connectivity index (χ4v) is 3.88. The lowest BCUT2D eigenvalue weighted by Gasteiger charge is -2.36. The Hall–Kier alpha value is -3.88. The third-order valence-corrected chi connectivity index (χ3v) is 5.74. The van der Waals surface area contributed by atoms with Crippen molar-refractivity contribution >= 4 is 17.4 Å². The third kappa shape index (κ3) is 5.62. The lowest BCUT2D eigenvalue weighted by Crippen LogP contribution is -2.49. The van der Waals surface area contributed by atoms with Crippen molar-refractivity contribution in [1.82, 2.24) is 4.90 Å².